The maximum atomic E-state index is 9.61. The molecule has 100 valence electrons. The first-order valence-electron chi connectivity index (χ1n) is 6.60. The fraction of sp³-hybridized carbons (Fsp3) is 1.00. The summed E-state index contributed by atoms with van der Waals surface area (Å²) in [7, 11) is 2.19. The van der Waals surface area contributed by atoms with E-state index in [0.29, 0.717) is 0 Å². The summed E-state index contributed by atoms with van der Waals surface area (Å²) in [5.74, 6) is 0. The maximum absolute atomic E-state index is 9.61. The molecule has 0 aromatic rings. The number of piperazine rings is 1. The summed E-state index contributed by atoms with van der Waals surface area (Å²) >= 11 is 0. The summed E-state index contributed by atoms with van der Waals surface area (Å²) in [6.07, 6.45) is 0.996. The van der Waals surface area contributed by atoms with Gasteiger partial charge in [0.2, 0.25) is 0 Å². The van der Waals surface area contributed by atoms with Crippen LogP contribution in [-0.4, -0.2) is 73.5 Å². The highest BCUT2D eigenvalue weighted by molar-refractivity contribution is 4.92. The van der Waals surface area contributed by atoms with Gasteiger partial charge < -0.3 is 9.84 Å². The van der Waals surface area contributed by atoms with E-state index in [1.807, 2.05) is 0 Å². The second-order valence-electron chi connectivity index (χ2n) is 6.41. The minimum absolute atomic E-state index is 0.00795. The summed E-state index contributed by atoms with van der Waals surface area (Å²) in [5, 5.41) is 9.61. The molecule has 0 bridgehead atoms. The van der Waals surface area contributed by atoms with Crippen molar-refractivity contribution in [2.24, 2.45) is 5.41 Å². The summed E-state index contributed by atoms with van der Waals surface area (Å²) in [4.78, 5) is 4.91. The van der Waals surface area contributed by atoms with Crippen LogP contribution in [0.25, 0.3) is 0 Å². The molecule has 4 nitrogen and oxygen atoms in total. The van der Waals surface area contributed by atoms with E-state index in [2.05, 4.69) is 30.7 Å². The maximum Gasteiger partial charge on any atom is 0.0557 e. The lowest BCUT2D eigenvalue weighted by atomic mass is 9.86. The molecule has 2 rings (SSSR count). The first-order chi connectivity index (χ1) is 7.97. The predicted molar refractivity (Wildman–Crippen MR) is 68.1 cm³/mol. The topological polar surface area (TPSA) is 35.9 Å². The molecule has 1 N–H and O–H groups in total. The Morgan fingerprint density at radius 3 is 2.59 bits per heavy atom. The van der Waals surface area contributed by atoms with Crippen molar-refractivity contribution in [2.45, 2.75) is 25.8 Å². The highest BCUT2D eigenvalue weighted by atomic mass is 16.5. The Kier molecular flexibility index (Phi) is 3.78. The van der Waals surface area contributed by atoms with E-state index < -0.39 is 0 Å². The first kappa shape index (κ1) is 13.3. The van der Waals surface area contributed by atoms with Crippen LogP contribution < -0.4 is 0 Å². The highest BCUT2D eigenvalue weighted by Crippen LogP contribution is 2.31. The van der Waals surface area contributed by atoms with Crippen LogP contribution in [0.3, 0.4) is 0 Å². The van der Waals surface area contributed by atoms with Crippen molar-refractivity contribution in [3.8, 4) is 0 Å². The van der Waals surface area contributed by atoms with E-state index in [-0.39, 0.29) is 17.6 Å². The van der Waals surface area contributed by atoms with Crippen LogP contribution in [0, 0.1) is 5.41 Å². The fourth-order valence-electron chi connectivity index (χ4n) is 2.90. The Morgan fingerprint density at radius 2 is 2.06 bits per heavy atom. The van der Waals surface area contributed by atoms with Crippen molar-refractivity contribution in [1.29, 1.82) is 0 Å². The molecule has 1 unspecified atom stereocenters. The molecule has 0 aliphatic carbocycles. The molecular formula is C13H26N2O2. The Morgan fingerprint density at radius 1 is 1.29 bits per heavy atom. The van der Waals surface area contributed by atoms with Crippen LogP contribution in [0.15, 0.2) is 0 Å². The smallest absolute Gasteiger partial charge is 0.0557 e. The molecule has 2 saturated heterocycles. The minimum Gasteiger partial charge on any atom is -0.396 e. The van der Waals surface area contributed by atoms with Crippen molar-refractivity contribution >= 4 is 0 Å². The lowest BCUT2D eigenvalue weighted by Gasteiger charge is -2.47. The van der Waals surface area contributed by atoms with Gasteiger partial charge >= 0.3 is 0 Å². The summed E-state index contributed by atoms with van der Waals surface area (Å²) in [5.41, 5.74) is 0.223. The van der Waals surface area contributed by atoms with Gasteiger partial charge in [0.05, 0.1) is 13.2 Å². The quantitative estimate of drug-likeness (QED) is 0.778. The molecule has 2 aliphatic heterocycles. The summed E-state index contributed by atoms with van der Waals surface area (Å²) < 4.78 is 5.47. The Balaban J connectivity index is 1.95. The molecule has 0 amide bonds. The second kappa shape index (κ2) is 4.84. The zero-order valence-corrected chi connectivity index (χ0v) is 11.4. The number of aliphatic hydroxyl groups excluding tert-OH is 1. The van der Waals surface area contributed by atoms with Gasteiger partial charge in [-0.2, -0.15) is 0 Å². The Labute approximate surface area is 105 Å². The second-order valence-corrected chi connectivity index (χ2v) is 6.41. The molecule has 4 heteroatoms. The van der Waals surface area contributed by atoms with Gasteiger partial charge in [-0.25, -0.2) is 0 Å². The Hall–Kier alpha value is -0.160. The molecular weight excluding hydrogens is 216 g/mol. The highest BCUT2D eigenvalue weighted by Gasteiger charge is 2.39. The zero-order valence-electron chi connectivity index (χ0n) is 11.4. The van der Waals surface area contributed by atoms with Crippen molar-refractivity contribution < 1.29 is 9.84 Å². The molecule has 0 spiro atoms. The van der Waals surface area contributed by atoms with Gasteiger partial charge in [0.1, 0.15) is 0 Å². The number of ether oxygens (including phenoxy) is 1. The van der Waals surface area contributed by atoms with E-state index in [1.54, 1.807) is 0 Å². The van der Waals surface area contributed by atoms with Crippen molar-refractivity contribution in [3.63, 3.8) is 0 Å². The van der Waals surface area contributed by atoms with Crippen LogP contribution in [0.4, 0.5) is 0 Å². The molecule has 0 radical (unpaired) electrons. The number of likely N-dealkylation sites (N-methyl/N-ethyl adjacent to an activating group) is 1. The number of hydrogen-bond acceptors (Lipinski definition) is 4. The van der Waals surface area contributed by atoms with Crippen LogP contribution in [0.5, 0.6) is 0 Å². The number of nitrogens with zero attached hydrogens (tertiary/aromatic N) is 2. The third kappa shape index (κ3) is 2.81. The van der Waals surface area contributed by atoms with Crippen molar-refractivity contribution in [1.82, 2.24) is 9.80 Å². The summed E-state index contributed by atoms with van der Waals surface area (Å²) in [6, 6.07) is 0. The number of rotatable bonds is 3. The third-order valence-electron chi connectivity index (χ3n) is 4.47. The van der Waals surface area contributed by atoms with E-state index in [9.17, 15) is 5.11 Å². The van der Waals surface area contributed by atoms with Gasteiger partial charge in [0.15, 0.2) is 0 Å². The SMILES string of the molecule is CN1CCN(CC2(CO)CCOC2)CC1(C)C. The van der Waals surface area contributed by atoms with Gasteiger partial charge in [-0.15, -0.1) is 0 Å². The van der Waals surface area contributed by atoms with E-state index in [1.165, 1.54) is 0 Å². The van der Waals surface area contributed by atoms with E-state index in [0.717, 1.165) is 45.8 Å². The standard InChI is InChI=1S/C13H26N2O2/c1-12(2)8-15(6-5-14(12)3)9-13(10-16)4-7-17-11-13/h16H,4-11H2,1-3H3. The molecule has 2 aliphatic rings. The van der Waals surface area contributed by atoms with Crippen LogP contribution >= 0.6 is 0 Å². The van der Waals surface area contributed by atoms with Crippen molar-refractivity contribution in [2.75, 3.05) is 53.0 Å². The molecule has 17 heavy (non-hydrogen) atoms. The number of aliphatic hydroxyl groups is 1. The van der Waals surface area contributed by atoms with Gasteiger partial charge in [-0.1, -0.05) is 0 Å². The lowest BCUT2D eigenvalue weighted by Crippen LogP contribution is -2.59. The molecule has 2 fully saturated rings. The third-order valence-corrected chi connectivity index (χ3v) is 4.47. The number of hydrogen-bond donors (Lipinski definition) is 1. The minimum atomic E-state index is -0.00795. The van der Waals surface area contributed by atoms with Crippen LogP contribution in [-0.2, 0) is 4.74 Å². The van der Waals surface area contributed by atoms with Gasteiger partial charge in [-0.3, -0.25) is 9.80 Å². The largest absolute Gasteiger partial charge is 0.396 e. The molecule has 1 atom stereocenters. The van der Waals surface area contributed by atoms with Crippen LogP contribution in [0.2, 0.25) is 0 Å². The molecule has 2 heterocycles. The monoisotopic (exact) mass is 242 g/mol. The average Bonchev–Trinajstić information content (AvgIpc) is 2.72. The lowest BCUT2D eigenvalue weighted by molar-refractivity contribution is -0.00297. The molecule has 0 aromatic carbocycles. The van der Waals surface area contributed by atoms with Gasteiger partial charge in [0, 0.05) is 43.7 Å². The van der Waals surface area contributed by atoms with Crippen molar-refractivity contribution in [3.05, 3.63) is 0 Å². The fourth-order valence-corrected chi connectivity index (χ4v) is 2.90. The van der Waals surface area contributed by atoms with Gasteiger partial charge in [-0.05, 0) is 27.3 Å². The molecule has 0 aromatic heterocycles. The van der Waals surface area contributed by atoms with Crippen LogP contribution in [0.1, 0.15) is 20.3 Å². The van der Waals surface area contributed by atoms with E-state index in [4.69, 9.17) is 4.74 Å². The molecule has 0 saturated carbocycles. The summed E-state index contributed by atoms with van der Waals surface area (Å²) in [6.45, 7) is 10.6. The van der Waals surface area contributed by atoms with Gasteiger partial charge in [0.25, 0.3) is 0 Å². The van der Waals surface area contributed by atoms with E-state index >= 15 is 0 Å². The first-order valence-corrected chi connectivity index (χ1v) is 6.60. The zero-order chi connectivity index (χ0) is 12.5. The Bertz CT molecular complexity index is 262. The average molecular weight is 242 g/mol. The predicted octanol–water partition coefficient (Wildman–Crippen LogP) is 0.411. The normalized spacial score (nSPS) is 35.3.